The fourth-order valence-corrected chi connectivity index (χ4v) is 3.58. The van der Waals surface area contributed by atoms with Crippen molar-refractivity contribution in [3.63, 3.8) is 0 Å². The van der Waals surface area contributed by atoms with E-state index in [1.807, 2.05) is 31.2 Å². The fourth-order valence-electron chi connectivity index (χ4n) is 3.58. The standard InChI is InChI=1S/C18H22N4O4/c1-10-15-11(7-8-25-10)16(21-20-15)17(23)19-12-9-26-14-6-4-3-5-13(14)22(2)18(12)24/h3-6,10,12,16,20-21H,7-9H2,1-2H3,(H,19,23)/t10?,12-,16?/m0/s1. The van der Waals surface area contributed by atoms with Gasteiger partial charge in [0.05, 0.1) is 24.1 Å². The summed E-state index contributed by atoms with van der Waals surface area (Å²) in [4.78, 5) is 27.1. The number of hydrogen-bond acceptors (Lipinski definition) is 6. The van der Waals surface area contributed by atoms with E-state index < -0.39 is 12.1 Å². The van der Waals surface area contributed by atoms with Gasteiger partial charge >= 0.3 is 0 Å². The minimum atomic E-state index is -0.747. The third-order valence-electron chi connectivity index (χ3n) is 5.03. The van der Waals surface area contributed by atoms with E-state index in [-0.39, 0.29) is 24.5 Å². The van der Waals surface area contributed by atoms with Crippen LogP contribution in [-0.2, 0) is 14.3 Å². The van der Waals surface area contributed by atoms with Gasteiger partial charge in [0.2, 0.25) is 5.91 Å². The van der Waals surface area contributed by atoms with E-state index in [4.69, 9.17) is 9.47 Å². The van der Waals surface area contributed by atoms with E-state index in [2.05, 4.69) is 16.2 Å². The van der Waals surface area contributed by atoms with Gasteiger partial charge in [-0.05, 0) is 31.1 Å². The van der Waals surface area contributed by atoms with Crippen LogP contribution in [0.5, 0.6) is 5.75 Å². The lowest BCUT2D eigenvalue weighted by atomic mass is 9.98. The number of rotatable bonds is 2. The summed E-state index contributed by atoms with van der Waals surface area (Å²) < 4.78 is 11.3. The Morgan fingerprint density at radius 2 is 2.15 bits per heavy atom. The second-order valence-electron chi connectivity index (χ2n) is 6.64. The molecule has 0 fully saturated rings. The zero-order chi connectivity index (χ0) is 18.3. The smallest absolute Gasteiger partial charge is 0.252 e. The molecule has 0 aliphatic carbocycles. The maximum atomic E-state index is 12.8. The maximum absolute atomic E-state index is 12.8. The number of anilines is 1. The number of fused-ring (bicyclic) bond motifs is 1. The van der Waals surface area contributed by atoms with Crippen LogP contribution in [-0.4, -0.2) is 50.3 Å². The van der Waals surface area contributed by atoms with Crippen LogP contribution in [0.3, 0.4) is 0 Å². The molecule has 0 saturated carbocycles. The van der Waals surface area contributed by atoms with Gasteiger partial charge in [0.25, 0.3) is 5.91 Å². The SMILES string of the molecule is CC1OCCC2=C1NNC2C(=O)N[C@H]1COc2ccccc2N(C)C1=O. The lowest BCUT2D eigenvalue weighted by Gasteiger charge is -2.24. The molecule has 26 heavy (non-hydrogen) atoms. The Balaban J connectivity index is 1.49. The van der Waals surface area contributed by atoms with E-state index in [9.17, 15) is 9.59 Å². The van der Waals surface area contributed by atoms with Crippen molar-refractivity contribution in [3.8, 4) is 5.75 Å². The first-order valence-electron chi connectivity index (χ1n) is 8.72. The topological polar surface area (TPSA) is 91.9 Å². The average molecular weight is 358 g/mol. The molecule has 1 aromatic carbocycles. The average Bonchev–Trinajstić information content (AvgIpc) is 3.05. The van der Waals surface area contributed by atoms with Gasteiger partial charge < -0.3 is 25.1 Å². The zero-order valence-corrected chi connectivity index (χ0v) is 14.7. The van der Waals surface area contributed by atoms with Gasteiger partial charge in [0.15, 0.2) is 0 Å². The Hall–Kier alpha value is -2.58. The summed E-state index contributed by atoms with van der Waals surface area (Å²) in [5.41, 5.74) is 8.62. The fraction of sp³-hybridized carbons (Fsp3) is 0.444. The predicted molar refractivity (Wildman–Crippen MR) is 94.4 cm³/mol. The van der Waals surface area contributed by atoms with Crippen LogP contribution >= 0.6 is 0 Å². The molecule has 2 amide bonds. The number of likely N-dealkylation sites (N-methyl/N-ethyl adjacent to an activating group) is 1. The van der Waals surface area contributed by atoms with Crippen molar-refractivity contribution in [2.24, 2.45) is 0 Å². The number of nitrogens with zero attached hydrogens (tertiary/aromatic N) is 1. The third-order valence-corrected chi connectivity index (χ3v) is 5.03. The van der Waals surface area contributed by atoms with Gasteiger partial charge in [-0.3, -0.25) is 9.59 Å². The lowest BCUT2D eigenvalue weighted by molar-refractivity contribution is -0.128. The van der Waals surface area contributed by atoms with Crippen LogP contribution in [0.1, 0.15) is 13.3 Å². The quantitative estimate of drug-likeness (QED) is 0.693. The third kappa shape index (κ3) is 2.81. The molecule has 8 nitrogen and oxygen atoms in total. The van der Waals surface area contributed by atoms with Crippen molar-refractivity contribution in [1.29, 1.82) is 0 Å². The summed E-state index contributed by atoms with van der Waals surface area (Å²) in [5.74, 6) is 0.172. The van der Waals surface area contributed by atoms with Gasteiger partial charge in [0, 0.05) is 7.05 Å². The Morgan fingerprint density at radius 1 is 1.35 bits per heavy atom. The molecular weight excluding hydrogens is 336 g/mol. The van der Waals surface area contributed by atoms with Crippen LogP contribution in [0.2, 0.25) is 0 Å². The summed E-state index contributed by atoms with van der Waals surface area (Å²) in [5, 5.41) is 2.83. The van der Waals surface area contributed by atoms with Gasteiger partial charge in [-0.25, -0.2) is 5.43 Å². The molecule has 3 atom stereocenters. The van der Waals surface area contributed by atoms with Crippen molar-refractivity contribution in [3.05, 3.63) is 35.5 Å². The minimum Gasteiger partial charge on any atom is -0.489 e. The van der Waals surface area contributed by atoms with Crippen LogP contribution in [0.15, 0.2) is 35.5 Å². The van der Waals surface area contributed by atoms with E-state index in [1.54, 1.807) is 7.05 Å². The molecule has 0 bridgehead atoms. The zero-order valence-electron chi connectivity index (χ0n) is 14.7. The molecule has 0 radical (unpaired) electrons. The molecule has 3 N–H and O–H groups in total. The molecule has 3 heterocycles. The number of carbonyl (C=O) groups is 2. The Kier molecular flexibility index (Phi) is 4.29. The molecule has 3 aliphatic heterocycles. The van der Waals surface area contributed by atoms with Crippen LogP contribution in [0, 0.1) is 0 Å². The molecule has 4 rings (SSSR count). The van der Waals surface area contributed by atoms with Crippen molar-refractivity contribution in [1.82, 2.24) is 16.2 Å². The Morgan fingerprint density at radius 3 is 3.00 bits per heavy atom. The summed E-state index contributed by atoms with van der Waals surface area (Å²) in [6, 6.07) is 6.07. The molecule has 8 heteroatoms. The number of para-hydroxylation sites is 2. The van der Waals surface area contributed by atoms with Crippen LogP contribution < -0.4 is 25.8 Å². The Labute approximate surface area is 151 Å². The number of amides is 2. The summed E-state index contributed by atoms with van der Waals surface area (Å²) in [6.45, 7) is 2.62. The largest absolute Gasteiger partial charge is 0.489 e. The molecular formula is C18H22N4O4. The lowest BCUT2D eigenvalue weighted by Crippen LogP contribution is -2.54. The van der Waals surface area contributed by atoms with Crippen molar-refractivity contribution in [2.75, 3.05) is 25.2 Å². The number of ether oxygens (including phenoxy) is 2. The minimum absolute atomic E-state index is 0.0764. The predicted octanol–water partition coefficient (Wildman–Crippen LogP) is 0.0659. The number of hydrogen-bond donors (Lipinski definition) is 3. The number of hydrazine groups is 1. The van der Waals surface area contributed by atoms with Crippen molar-refractivity contribution in [2.45, 2.75) is 31.5 Å². The van der Waals surface area contributed by atoms with E-state index in [0.717, 1.165) is 11.3 Å². The van der Waals surface area contributed by atoms with Crippen LogP contribution in [0.25, 0.3) is 0 Å². The van der Waals surface area contributed by atoms with Gasteiger partial charge in [0.1, 0.15) is 24.4 Å². The van der Waals surface area contributed by atoms with Crippen molar-refractivity contribution < 1.29 is 19.1 Å². The molecule has 0 saturated heterocycles. The monoisotopic (exact) mass is 358 g/mol. The highest BCUT2D eigenvalue weighted by molar-refractivity contribution is 6.01. The van der Waals surface area contributed by atoms with E-state index in [0.29, 0.717) is 24.5 Å². The first-order chi connectivity index (χ1) is 12.6. The highest BCUT2D eigenvalue weighted by Gasteiger charge is 2.38. The molecule has 2 unspecified atom stereocenters. The second kappa shape index (κ2) is 6.62. The summed E-state index contributed by atoms with van der Waals surface area (Å²) in [6.07, 6.45) is 0.602. The molecule has 1 aromatic rings. The van der Waals surface area contributed by atoms with E-state index >= 15 is 0 Å². The summed E-state index contributed by atoms with van der Waals surface area (Å²) in [7, 11) is 1.69. The first-order valence-corrected chi connectivity index (χ1v) is 8.72. The van der Waals surface area contributed by atoms with Crippen molar-refractivity contribution >= 4 is 17.5 Å². The second-order valence-corrected chi connectivity index (χ2v) is 6.64. The maximum Gasteiger partial charge on any atom is 0.252 e. The number of carbonyl (C=O) groups excluding carboxylic acids is 2. The molecule has 0 aromatic heterocycles. The first kappa shape index (κ1) is 16.9. The number of benzene rings is 1. The van der Waals surface area contributed by atoms with E-state index in [1.165, 1.54) is 4.90 Å². The van der Waals surface area contributed by atoms with Gasteiger partial charge in [-0.15, -0.1) is 0 Å². The summed E-state index contributed by atoms with van der Waals surface area (Å²) >= 11 is 0. The Bertz CT molecular complexity index is 778. The molecule has 138 valence electrons. The molecule has 3 aliphatic rings. The highest BCUT2D eigenvalue weighted by Crippen LogP contribution is 2.30. The highest BCUT2D eigenvalue weighted by atomic mass is 16.5. The number of nitrogens with one attached hydrogen (secondary N) is 3. The molecule has 0 spiro atoms. The normalized spacial score (nSPS) is 27.8. The van der Waals surface area contributed by atoms with Gasteiger partial charge in [-0.1, -0.05) is 12.1 Å². The van der Waals surface area contributed by atoms with Gasteiger partial charge in [-0.2, -0.15) is 0 Å². The van der Waals surface area contributed by atoms with Crippen LogP contribution in [0.4, 0.5) is 5.69 Å².